The smallest absolute Gasteiger partial charge is 0.264 e. The van der Waals surface area contributed by atoms with Crippen LogP contribution in [0.5, 0.6) is 0 Å². The minimum Gasteiger partial charge on any atom is -0.359 e. The molecule has 0 radical (unpaired) electrons. The van der Waals surface area contributed by atoms with Crippen LogP contribution in [-0.2, 0) is 10.0 Å². The predicted molar refractivity (Wildman–Crippen MR) is 66.1 cm³/mol. The lowest BCUT2D eigenvalue weighted by atomic mass is 10.3. The molecule has 0 aliphatic rings. The maximum absolute atomic E-state index is 13.6. The zero-order chi connectivity index (χ0) is 13.3. The van der Waals surface area contributed by atoms with Crippen LogP contribution in [0.25, 0.3) is 0 Å². The van der Waals surface area contributed by atoms with Crippen molar-refractivity contribution in [2.75, 3.05) is 4.72 Å². The van der Waals surface area contributed by atoms with Gasteiger partial charge in [0.2, 0.25) is 0 Å². The molecule has 0 aliphatic carbocycles. The summed E-state index contributed by atoms with van der Waals surface area (Å²) in [6, 6.07) is 3.69. The van der Waals surface area contributed by atoms with Gasteiger partial charge in [-0.1, -0.05) is 21.1 Å². The Kier molecular flexibility index (Phi) is 3.40. The van der Waals surface area contributed by atoms with Crippen LogP contribution < -0.4 is 4.72 Å². The molecule has 18 heavy (non-hydrogen) atoms. The van der Waals surface area contributed by atoms with Crippen LogP contribution in [0.1, 0.15) is 5.76 Å². The molecule has 0 amide bonds. The lowest BCUT2D eigenvalue weighted by Crippen LogP contribution is -2.14. The quantitative estimate of drug-likeness (QED) is 0.936. The molecular weight excluding hydrogens is 327 g/mol. The van der Waals surface area contributed by atoms with Gasteiger partial charge in [0, 0.05) is 4.47 Å². The average Bonchev–Trinajstić information content (AvgIpc) is 2.63. The number of aromatic nitrogens is 1. The first-order chi connectivity index (χ1) is 8.40. The first kappa shape index (κ1) is 13.0. The van der Waals surface area contributed by atoms with E-state index in [-0.39, 0.29) is 5.69 Å². The fraction of sp³-hybridized carbons (Fsp3) is 0.100. The lowest BCUT2D eigenvalue weighted by Gasteiger charge is -2.07. The highest BCUT2D eigenvalue weighted by Crippen LogP contribution is 2.23. The van der Waals surface area contributed by atoms with E-state index >= 15 is 0 Å². The van der Waals surface area contributed by atoms with E-state index in [9.17, 15) is 12.8 Å². The molecule has 2 rings (SSSR count). The Morgan fingerprint density at radius 3 is 2.72 bits per heavy atom. The normalized spacial score (nSPS) is 11.5. The topological polar surface area (TPSA) is 72.2 Å². The number of hydrogen-bond acceptors (Lipinski definition) is 4. The predicted octanol–water partition coefficient (Wildman–Crippen LogP) is 2.69. The van der Waals surface area contributed by atoms with Crippen LogP contribution >= 0.6 is 15.9 Å². The summed E-state index contributed by atoms with van der Waals surface area (Å²) in [6.45, 7) is 1.54. The van der Waals surface area contributed by atoms with E-state index < -0.39 is 20.7 Å². The maximum atomic E-state index is 13.6. The SMILES string of the molecule is Cc1oncc1NS(=O)(=O)c1ccc(Br)cc1F. The first-order valence-electron chi connectivity index (χ1n) is 4.79. The van der Waals surface area contributed by atoms with Crippen molar-refractivity contribution in [1.29, 1.82) is 0 Å². The molecular formula is C10H8BrFN2O3S. The highest BCUT2D eigenvalue weighted by atomic mass is 79.9. The molecule has 8 heteroatoms. The third-order valence-electron chi connectivity index (χ3n) is 2.18. The second kappa shape index (κ2) is 4.69. The molecule has 96 valence electrons. The largest absolute Gasteiger partial charge is 0.359 e. The van der Waals surface area contributed by atoms with Crippen molar-refractivity contribution in [2.24, 2.45) is 0 Å². The molecule has 1 aromatic carbocycles. The Morgan fingerprint density at radius 1 is 1.44 bits per heavy atom. The Bertz CT molecular complexity index is 684. The number of halogens is 2. The number of rotatable bonds is 3. The summed E-state index contributed by atoms with van der Waals surface area (Å²) in [5.74, 6) is -0.540. The number of benzene rings is 1. The van der Waals surface area contributed by atoms with Crippen LogP contribution in [-0.4, -0.2) is 13.6 Å². The van der Waals surface area contributed by atoms with Crippen molar-refractivity contribution in [1.82, 2.24) is 5.16 Å². The van der Waals surface area contributed by atoms with Gasteiger partial charge in [-0.15, -0.1) is 0 Å². The fourth-order valence-corrected chi connectivity index (χ4v) is 2.78. The molecule has 0 spiro atoms. The van der Waals surface area contributed by atoms with Crippen molar-refractivity contribution in [3.05, 3.63) is 40.4 Å². The van der Waals surface area contributed by atoms with Gasteiger partial charge in [-0.2, -0.15) is 0 Å². The van der Waals surface area contributed by atoms with E-state index in [0.29, 0.717) is 10.2 Å². The van der Waals surface area contributed by atoms with E-state index in [1.807, 2.05) is 0 Å². The van der Waals surface area contributed by atoms with Crippen LogP contribution in [0.4, 0.5) is 10.1 Å². The van der Waals surface area contributed by atoms with Gasteiger partial charge in [-0.05, 0) is 25.1 Å². The lowest BCUT2D eigenvalue weighted by molar-refractivity contribution is 0.398. The number of nitrogens with one attached hydrogen (secondary N) is 1. The summed E-state index contributed by atoms with van der Waals surface area (Å²) < 4.78 is 44.9. The summed E-state index contributed by atoms with van der Waals surface area (Å²) >= 11 is 3.06. The molecule has 1 aromatic heterocycles. The molecule has 5 nitrogen and oxygen atoms in total. The Labute approximate surface area is 111 Å². The highest BCUT2D eigenvalue weighted by Gasteiger charge is 2.21. The monoisotopic (exact) mass is 334 g/mol. The zero-order valence-corrected chi connectivity index (χ0v) is 11.5. The molecule has 0 bridgehead atoms. The van der Waals surface area contributed by atoms with Crippen molar-refractivity contribution < 1.29 is 17.3 Å². The first-order valence-corrected chi connectivity index (χ1v) is 7.07. The Morgan fingerprint density at radius 2 is 2.17 bits per heavy atom. The summed E-state index contributed by atoms with van der Waals surface area (Å²) in [7, 11) is -4.00. The van der Waals surface area contributed by atoms with Gasteiger partial charge in [-0.25, -0.2) is 12.8 Å². The second-order valence-electron chi connectivity index (χ2n) is 3.48. The van der Waals surface area contributed by atoms with Gasteiger partial charge in [0.15, 0.2) is 5.76 Å². The van der Waals surface area contributed by atoms with Crippen molar-refractivity contribution in [2.45, 2.75) is 11.8 Å². The van der Waals surface area contributed by atoms with E-state index in [1.54, 1.807) is 6.92 Å². The molecule has 1 heterocycles. The maximum Gasteiger partial charge on any atom is 0.264 e. The third-order valence-corrected chi connectivity index (χ3v) is 4.07. The highest BCUT2D eigenvalue weighted by molar-refractivity contribution is 9.10. The van der Waals surface area contributed by atoms with Gasteiger partial charge in [0.25, 0.3) is 10.0 Å². The summed E-state index contributed by atoms with van der Waals surface area (Å²) in [5.41, 5.74) is 0.178. The van der Waals surface area contributed by atoms with Gasteiger partial charge < -0.3 is 4.52 Å². The second-order valence-corrected chi connectivity index (χ2v) is 6.04. The summed E-state index contributed by atoms with van der Waals surface area (Å²) in [6.07, 6.45) is 1.21. The van der Waals surface area contributed by atoms with Crippen LogP contribution in [0.3, 0.4) is 0 Å². The molecule has 0 saturated carbocycles. The van der Waals surface area contributed by atoms with Gasteiger partial charge in [-0.3, -0.25) is 4.72 Å². The molecule has 2 aromatic rings. The fourth-order valence-electron chi connectivity index (χ4n) is 1.29. The number of anilines is 1. The molecule has 0 saturated heterocycles. The van der Waals surface area contributed by atoms with Gasteiger partial charge in [0.05, 0.1) is 6.20 Å². The zero-order valence-electron chi connectivity index (χ0n) is 9.15. The Balaban J connectivity index is 2.40. The third kappa shape index (κ3) is 2.54. The minimum atomic E-state index is -4.00. The number of aryl methyl sites for hydroxylation is 1. The average molecular weight is 335 g/mol. The van der Waals surface area contributed by atoms with Crippen LogP contribution in [0.15, 0.2) is 38.3 Å². The van der Waals surface area contributed by atoms with E-state index in [1.165, 1.54) is 18.3 Å². The summed E-state index contributed by atoms with van der Waals surface area (Å²) in [5, 5.41) is 3.43. The summed E-state index contributed by atoms with van der Waals surface area (Å²) in [4.78, 5) is -0.439. The molecule has 0 atom stereocenters. The molecule has 0 aliphatic heterocycles. The standard InChI is InChI=1S/C10H8BrFN2O3S/c1-6-9(5-13-17-6)14-18(15,16)10-3-2-7(11)4-8(10)12/h2-5,14H,1H3. The molecule has 0 fully saturated rings. The van der Waals surface area contributed by atoms with E-state index in [2.05, 4.69) is 25.8 Å². The number of nitrogens with zero attached hydrogens (tertiary/aromatic N) is 1. The minimum absolute atomic E-state index is 0.178. The molecule has 1 N–H and O–H groups in total. The van der Waals surface area contributed by atoms with Gasteiger partial charge >= 0.3 is 0 Å². The molecule has 0 unspecified atom stereocenters. The van der Waals surface area contributed by atoms with E-state index in [4.69, 9.17) is 4.52 Å². The number of sulfonamides is 1. The van der Waals surface area contributed by atoms with E-state index in [0.717, 1.165) is 6.07 Å². The van der Waals surface area contributed by atoms with Crippen molar-refractivity contribution in [3.63, 3.8) is 0 Å². The van der Waals surface area contributed by atoms with Crippen molar-refractivity contribution >= 4 is 31.6 Å². The van der Waals surface area contributed by atoms with Crippen molar-refractivity contribution in [3.8, 4) is 0 Å². The van der Waals surface area contributed by atoms with Crippen LogP contribution in [0, 0.1) is 12.7 Å². The van der Waals surface area contributed by atoms with Crippen LogP contribution in [0.2, 0.25) is 0 Å². The number of hydrogen-bond donors (Lipinski definition) is 1. The van der Waals surface area contributed by atoms with Gasteiger partial charge in [0.1, 0.15) is 16.4 Å². The Hall–Kier alpha value is -1.41.